The standard InChI is InChI=1S/C13H16BrNO2S/c14-12-6-4-11(18-12)5-7-13(17)15(8-9-16)10-2-1-3-10/h4-7,10,16H,1-3,8-9H2/b7-5+. The quantitative estimate of drug-likeness (QED) is 0.844. The normalized spacial score (nSPS) is 15.9. The minimum atomic E-state index is -0.00160. The minimum Gasteiger partial charge on any atom is -0.395 e. The molecule has 1 aromatic heterocycles. The van der Waals surface area contributed by atoms with Gasteiger partial charge in [-0.2, -0.15) is 0 Å². The van der Waals surface area contributed by atoms with Crippen molar-refractivity contribution in [1.29, 1.82) is 0 Å². The second kappa shape index (κ2) is 6.50. The summed E-state index contributed by atoms with van der Waals surface area (Å²) in [4.78, 5) is 14.9. The zero-order valence-corrected chi connectivity index (χ0v) is 12.4. The number of carbonyl (C=O) groups is 1. The van der Waals surface area contributed by atoms with Crippen LogP contribution >= 0.6 is 27.3 Å². The summed E-state index contributed by atoms with van der Waals surface area (Å²) in [6.07, 6.45) is 6.74. The maximum Gasteiger partial charge on any atom is 0.246 e. The molecule has 1 aliphatic carbocycles. The van der Waals surface area contributed by atoms with Crippen molar-refractivity contribution in [1.82, 2.24) is 4.90 Å². The van der Waals surface area contributed by atoms with Gasteiger partial charge in [-0.1, -0.05) is 0 Å². The number of amides is 1. The minimum absolute atomic E-state index is 0.00160. The summed E-state index contributed by atoms with van der Waals surface area (Å²) >= 11 is 4.99. The van der Waals surface area contributed by atoms with Gasteiger partial charge in [0.1, 0.15) is 0 Å². The van der Waals surface area contributed by atoms with Crippen LogP contribution in [0.4, 0.5) is 0 Å². The number of carbonyl (C=O) groups excluding carboxylic acids is 1. The number of rotatable bonds is 5. The van der Waals surface area contributed by atoms with E-state index in [4.69, 9.17) is 5.11 Å². The molecule has 0 unspecified atom stereocenters. The summed E-state index contributed by atoms with van der Waals surface area (Å²) in [5.74, 6) is -0.00160. The van der Waals surface area contributed by atoms with E-state index in [1.165, 1.54) is 6.42 Å². The number of halogens is 1. The zero-order valence-electron chi connectivity index (χ0n) is 10.0. The van der Waals surface area contributed by atoms with E-state index in [0.29, 0.717) is 12.6 Å². The van der Waals surface area contributed by atoms with Crippen molar-refractivity contribution in [3.63, 3.8) is 0 Å². The van der Waals surface area contributed by atoms with Crippen LogP contribution in [0.1, 0.15) is 24.1 Å². The number of hydrogen-bond donors (Lipinski definition) is 1. The van der Waals surface area contributed by atoms with Crippen LogP contribution in [0.15, 0.2) is 22.0 Å². The third-order valence-corrected chi connectivity index (χ3v) is 4.71. The Bertz CT molecular complexity index is 440. The lowest BCUT2D eigenvalue weighted by molar-refractivity contribution is -0.130. The molecule has 1 heterocycles. The molecule has 3 nitrogen and oxygen atoms in total. The van der Waals surface area contributed by atoms with Crippen LogP contribution in [0.3, 0.4) is 0 Å². The Kier molecular flexibility index (Phi) is 4.97. The molecule has 1 amide bonds. The molecule has 5 heteroatoms. The van der Waals surface area contributed by atoms with Crippen LogP contribution in [0.2, 0.25) is 0 Å². The first-order valence-corrected chi connectivity index (χ1v) is 7.66. The fraction of sp³-hybridized carbons (Fsp3) is 0.462. The van der Waals surface area contributed by atoms with Crippen LogP contribution in [0, 0.1) is 0 Å². The van der Waals surface area contributed by atoms with Crippen LogP contribution in [-0.4, -0.2) is 35.1 Å². The number of aliphatic hydroxyl groups excluding tert-OH is 1. The molecule has 0 aliphatic heterocycles. The molecule has 1 aromatic rings. The van der Waals surface area contributed by atoms with E-state index in [9.17, 15) is 4.79 Å². The van der Waals surface area contributed by atoms with Crippen molar-refractivity contribution in [3.05, 3.63) is 26.9 Å². The van der Waals surface area contributed by atoms with Gasteiger partial charge < -0.3 is 10.0 Å². The number of hydrogen-bond acceptors (Lipinski definition) is 3. The van der Waals surface area contributed by atoms with Crippen molar-refractivity contribution in [3.8, 4) is 0 Å². The van der Waals surface area contributed by atoms with Gasteiger partial charge in [-0.15, -0.1) is 11.3 Å². The van der Waals surface area contributed by atoms with Gasteiger partial charge >= 0.3 is 0 Å². The Morgan fingerprint density at radius 1 is 1.56 bits per heavy atom. The summed E-state index contributed by atoms with van der Waals surface area (Å²) in [7, 11) is 0. The monoisotopic (exact) mass is 329 g/mol. The predicted octanol–water partition coefficient (Wildman–Crippen LogP) is 2.90. The highest BCUT2D eigenvalue weighted by Gasteiger charge is 2.26. The highest BCUT2D eigenvalue weighted by atomic mass is 79.9. The van der Waals surface area contributed by atoms with E-state index < -0.39 is 0 Å². The molecule has 2 rings (SSSR count). The molecule has 1 fully saturated rings. The SMILES string of the molecule is O=C(/C=C/c1ccc(Br)s1)N(CCO)C1CCC1. The van der Waals surface area contributed by atoms with Gasteiger partial charge in [0.25, 0.3) is 0 Å². The zero-order chi connectivity index (χ0) is 13.0. The molecule has 18 heavy (non-hydrogen) atoms. The molecule has 1 aliphatic rings. The number of thiophene rings is 1. The van der Waals surface area contributed by atoms with Gasteiger partial charge in [0.05, 0.1) is 10.4 Å². The van der Waals surface area contributed by atoms with Crippen LogP contribution < -0.4 is 0 Å². The molecule has 0 atom stereocenters. The summed E-state index contributed by atoms with van der Waals surface area (Å²) in [5, 5.41) is 9.02. The fourth-order valence-electron chi connectivity index (χ4n) is 1.95. The smallest absolute Gasteiger partial charge is 0.246 e. The van der Waals surface area contributed by atoms with Crippen LogP contribution in [0.5, 0.6) is 0 Å². The molecule has 1 saturated carbocycles. The maximum absolute atomic E-state index is 12.1. The van der Waals surface area contributed by atoms with Gasteiger partial charge in [-0.3, -0.25) is 4.79 Å². The van der Waals surface area contributed by atoms with Crippen molar-refractivity contribution in [2.75, 3.05) is 13.2 Å². The van der Waals surface area contributed by atoms with Gasteiger partial charge in [0.2, 0.25) is 5.91 Å². The third kappa shape index (κ3) is 3.43. The van der Waals surface area contributed by atoms with E-state index in [0.717, 1.165) is 21.5 Å². The first kappa shape index (κ1) is 13.8. The second-order valence-corrected chi connectivity index (χ2v) is 6.81. The van der Waals surface area contributed by atoms with Crippen molar-refractivity contribution < 1.29 is 9.90 Å². The van der Waals surface area contributed by atoms with E-state index in [2.05, 4.69) is 15.9 Å². The van der Waals surface area contributed by atoms with Crippen molar-refractivity contribution in [2.24, 2.45) is 0 Å². The van der Waals surface area contributed by atoms with Crippen LogP contribution in [0.25, 0.3) is 6.08 Å². The van der Waals surface area contributed by atoms with Crippen molar-refractivity contribution in [2.45, 2.75) is 25.3 Å². The average Bonchev–Trinajstić information content (AvgIpc) is 2.69. The topological polar surface area (TPSA) is 40.5 Å². The molecule has 0 aromatic carbocycles. The first-order chi connectivity index (χ1) is 8.70. The summed E-state index contributed by atoms with van der Waals surface area (Å²) in [5.41, 5.74) is 0. The van der Waals surface area contributed by atoms with Gasteiger partial charge in [0, 0.05) is 23.5 Å². The maximum atomic E-state index is 12.1. The van der Waals surface area contributed by atoms with E-state index in [-0.39, 0.29) is 12.5 Å². The predicted molar refractivity (Wildman–Crippen MR) is 77.5 cm³/mol. The fourth-order valence-corrected chi connectivity index (χ4v) is 3.27. The van der Waals surface area contributed by atoms with E-state index in [1.54, 1.807) is 22.3 Å². The molecule has 0 bridgehead atoms. The summed E-state index contributed by atoms with van der Waals surface area (Å²) in [6, 6.07) is 4.26. The molecule has 0 spiro atoms. The summed E-state index contributed by atoms with van der Waals surface area (Å²) in [6.45, 7) is 0.461. The summed E-state index contributed by atoms with van der Waals surface area (Å²) < 4.78 is 1.06. The molecule has 0 saturated heterocycles. The lowest BCUT2D eigenvalue weighted by Gasteiger charge is -2.36. The van der Waals surface area contributed by atoms with Crippen molar-refractivity contribution >= 4 is 39.2 Å². The highest BCUT2D eigenvalue weighted by molar-refractivity contribution is 9.11. The van der Waals surface area contributed by atoms with Crippen LogP contribution in [-0.2, 0) is 4.79 Å². The number of aliphatic hydroxyl groups is 1. The molecule has 1 N–H and O–H groups in total. The van der Waals surface area contributed by atoms with E-state index >= 15 is 0 Å². The van der Waals surface area contributed by atoms with Gasteiger partial charge in [-0.25, -0.2) is 0 Å². The Labute approximate surface area is 119 Å². The lowest BCUT2D eigenvalue weighted by Crippen LogP contribution is -2.44. The Hall–Kier alpha value is -0.650. The van der Waals surface area contributed by atoms with E-state index in [1.807, 2.05) is 18.2 Å². The highest BCUT2D eigenvalue weighted by Crippen LogP contribution is 2.26. The largest absolute Gasteiger partial charge is 0.395 e. The Morgan fingerprint density at radius 3 is 2.83 bits per heavy atom. The first-order valence-electron chi connectivity index (χ1n) is 6.05. The lowest BCUT2D eigenvalue weighted by atomic mass is 9.91. The number of nitrogens with zero attached hydrogens (tertiary/aromatic N) is 1. The third-order valence-electron chi connectivity index (χ3n) is 3.12. The molecular formula is C13H16BrNO2S. The Morgan fingerprint density at radius 2 is 2.33 bits per heavy atom. The molecule has 0 radical (unpaired) electrons. The van der Waals surface area contributed by atoms with Gasteiger partial charge in [-0.05, 0) is 53.4 Å². The van der Waals surface area contributed by atoms with Gasteiger partial charge in [0.15, 0.2) is 0 Å². The molecular weight excluding hydrogens is 314 g/mol. The average molecular weight is 330 g/mol. The Balaban J connectivity index is 1.97. The molecule has 98 valence electrons. The second-order valence-electron chi connectivity index (χ2n) is 4.32.